The van der Waals surface area contributed by atoms with Crippen LogP contribution in [0.1, 0.15) is 12.6 Å². The van der Waals surface area contributed by atoms with Gasteiger partial charge in [-0.25, -0.2) is 0 Å². The minimum absolute atomic E-state index is 0.0400. The molecule has 108 valence electrons. The number of aryl methyl sites for hydroxylation is 1. The van der Waals surface area contributed by atoms with E-state index in [-0.39, 0.29) is 11.2 Å². The van der Waals surface area contributed by atoms with Crippen molar-refractivity contribution in [3.63, 3.8) is 0 Å². The molecule has 0 saturated carbocycles. The van der Waals surface area contributed by atoms with Crippen LogP contribution in [0.4, 0.5) is 5.69 Å². The fraction of sp³-hybridized carbons (Fsp3) is 0.214. The minimum atomic E-state index is -0.221. The molecule has 0 bridgehead atoms. The Kier molecular flexibility index (Phi) is 3.94. The van der Waals surface area contributed by atoms with Gasteiger partial charge in [-0.05, 0) is 38.1 Å². The zero-order valence-electron chi connectivity index (χ0n) is 11.6. The highest BCUT2D eigenvalue weighted by atomic mass is 32.2. The van der Waals surface area contributed by atoms with Gasteiger partial charge in [0.1, 0.15) is 5.51 Å². The van der Waals surface area contributed by atoms with E-state index in [4.69, 9.17) is 0 Å². The molecule has 2 aromatic heterocycles. The van der Waals surface area contributed by atoms with Gasteiger partial charge in [-0.1, -0.05) is 23.1 Å². The molecule has 2 heterocycles. The molecule has 3 aromatic rings. The van der Waals surface area contributed by atoms with E-state index in [1.807, 2.05) is 32.0 Å². The van der Waals surface area contributed by atoms with Crippen molar-refractivity contribution in [1.29, 1.82) is 0 Å². The van der Waals surface area contributed by atoms with Crippen LogP contribution in [0.15, 0.2) is 34.1 Å². The highest BCUT2D eigenvalue weighted by molar-refractivity contribution is 8.02. The van der Waals surface area contributed by atoms with Crippen LogP contribution in [-0.2, 0) is 4.79 Å². The van der Waals surface area contributed by atoms with Crippen LogP contribution in [0, 0.1) is 6.92 Å². The second-order valence-electron chi connectivity index (χ2n) is 4.71. The maximum Gasteiger partial charge on any atom is 0.237 e. The third kappa shape index (κ3) is 3.25. The second-order valence-corrected chi connectivity index (χ2v) is 7.13. The quantitative estimate of drug-likeness (QED) is 0.723. The Morgan fingerprint density at radius 1 is 1.43 bits per heavy atom. The standard InChI is InChI=1S/C14H14N4OS2/c1-8-5-10-6-11(3-4-12(10)16-8)17-13(19)9(2)21-14-18-15-7-20-14/h3-7,9,16H,1-2H3,(H,17,19). The van der Waals surface area contributed by atoms with E-state index in [1.165, 1.54) is 23.1 Å². The van der Waals surface area contributed by atoms with Gasteiger partial charge in [0.2, 0.25) is 5.91 Å². The first kappa shape index (κ1) is 14.1. The van der Waals surface area contributed by atoms with Crippen molar-refractivity contribution >= 4 is 45.6 Å². The summed E-state index contributed by atoms with van der Waals surface area (Å²) in [5, 5.41) is 11.5. The lowest BCUT2D eigenvalue weighted by Crippen LogP contribution is -2.22. The normalized spacial score (nSPS) is 12.5. The molecule has 0 aliphatic rings. The SMILES string of the molecule is Cc1cc2cc(NC(=O)C(C)Sc3nncs3)ccc2[nH]1. The number of fused-ring (bicyclic) bond motifs is 1. The summed E-state index contributed by atoms with van der Waals surface area (Å²) in [7, 11) is 0. The zero-order valence-corrected chi connectivity index (χ0v) is 13.2. The number of aromatic nitrogens is 3. The lowest BCUT2D eigenvalue weighted by atomic mass is 10.2. The van der Waals surface area contributed by atoms with E-state index in [9.17, 15) is 4.79 Å². The number of rotatable bonds is 4. The number of carbonyl (C=O) groups is 1. The van der Waals surface area contributed by atoms with Crippen LogP contribution in [0.2, 0.25) is 0 Å². The van der Waals surface area contributed by atoms with Gasteiger partial charge in [-0.3, -0.25) is 4.79 Å². The summed E-state index contributed by atoms with van der Waals surface area (Å²) in [6.45, 7) is 3.87. The van der Waals surface area contributed by atoms with Crippen LogP contribution >= 0.6 is 23.1 Å². The highest BCUT2D eigenvalue weighted by Gasteiger charge is 2.16. The first-order valence-corrected chi connectivity index (χ1v) is 8.21. The topological polar surface area (TPSA) is 70.7 Å². The fourth-order valence-electron chi connectivity index (χ4n) is 2.02. The van der Waals surface area contributed by atoms with Crippen molar-refractivity contribution in [2.75, 3.05) is 5.32 Å². The molecule has 1 aromatic carbocycles. The molecule has 7 heteroatoms. The smallest absolute Gasteiger partial charge is 0.237 e. The summed E-state index contributed by atoms with van der Waals surface area (Å²) in [6, 6.07) is 7.91. The summed E-state index contributed by atoms with van der Waals surface area (Å²) in [4.78, 5) is 15.5. The minimum Gasteiger partial charge on any atom is -0.359 e. The lowest BCUT2D eigenvalue weighted by molar-refractivity contribution is -0.115. The van der Waals surface area contributed by atoms with Crippen LogP contribution in [0.3, 0.4) is 0 Å². The average Bonchev–Trinajstić information content (AvgIpc) is 3.06. The van der Waals surface area contributed by atoms with Gasteiger partial charge in [0.05, 0.1) is 5.25 Å². The molecule has 0 aliphatic carbocycles. The van der Waals surface area contributed by atoms with Crippen LogP contribution in [0.5, 0.6) is 0 Å². The van der Waals surface area contributed by atoms with E-state index in [2.05, 4.69) is 26.6 Å². The lowest BCUT2D eigenvalue weighted by Gasteiger charge is -2.10. The maximum atomic E-state index is 12.2. The zero-order chi connectivity index (χ0) is 14.8. The molecule has 0 spiro atoms. The molecular weight excluding hydrogens is 304 g/mol. The Morgan fingerprint density at radius 2 is 2.29 bits per heavy atom. The Hall–Kier alpha value is -1.86. The number of hydrogen-bond acceptors (Lipinski definition) is 5. The molecular formula is C14H14N4OS2. The monoisotopic (exact) mass is 318 g/mol. The number of aromatic amines is 1. The van der Waals surface area contributed by atoms with E-state index < -0.39 is 0 Å². The van der Waals surface area contributed by atoms with Gasteiger partial charge in [-0.15, -0.1) is 10.2 Å². The number of amides is 1. The highest BCUT2D eigenvalue weighted by Crippen LogP contribution is 2.26. The van der Waals surface area contributed by atoms with Gasteiger partial charge >= 0.3 is 0 Å². The Balaban J connectivity index is 1.70. The molecule has 2 N–H and O–H groups in total. The molecule has 3 rings (SSSR count). The molecule has 0 saturated heterocycles. The van der Waals surface area contributed by atoms with E-state index in [0.717, 1.165) is 26.6 Å². The number of hydrogen-bond donors (Lipinski definition) is 2. The third-order valence-electron chi connectivity index (χ3n) is 3.01. The molecule has 1 atom stereocenters. The third-order valence-corrected chi connectivity index (χ3v) is 4.92. The predicted molar refractivity (Wildman–Crippen MR) is 86.9 cm³/mol. The molecule has 0 fully saturated rings. The predicted octanol–water partition coefficient (Wildman–Crippen LogP) is 3.45. The van der Waals surface area contributed by atoms with Gasteiger partial charge in [0.25, 0.3) is 0 Å². The summed E-state index contributed by atoms with van der Waals surface area (Å²) >= 11 is 2.85. The van der Waals surface area contributed by atoms with Crippen molar-refractivity contribution in [2.45, 2.75) is 23.4 Å². The van der Waals surface area contributed by atoms with E-state index >= 15 is 0 Å². The van der Waals surface area contributed by atoms with Crippen LogP contribution in [-0.4, -0.2) is 26.3 Å². The molecule has 0 radical (unpaired) electrons. The van der Waals surface area contributed by atoms with E-state index in [0.29, 0.717) is 0 Å². The van der Waals surface area contributed by atoms with Crippen LogP contribution in [0.25, 0.3) is 10.9 Å². The Bertz CT molecular complexity index is 766. The van der Waals surface area contributed by atoms with Crippen LogP contribution < -0.4 is 5.32 Å². The van der Waals surface area contributed by atoms with Gasteiger partial charge in [-0.2, -0.15) is 0 Å². The summed E-state index contributed by atoms with van der Waals surface area (Å²) < 4.78 is 0.800. The second kappa shape index (κ2) is 5.87. The number of benzene rings is 1. The van der Waals surface area contributed by atoms with Crippen molar-refractivity contribution < 1.29 is 4.79 Å². The first-order chi connectivity index (χ1) is 10.1. The largest absolute Gasteiger partial charge is 0.359 e. The maximum absolute atomic E-state index is 12.2. The number of nitrogens with one attached hydrogen (secondary N) is 2. The number of nitrogens with zero attached hydrogens (tertiary/aromatic N) is 2. The summed E-state index contributed by atoms with van der Waals surface area (Å²) in [5.41, 5.74) is 4.64. The van der Waals surface area contributed by atoms with Crippen molar-refractivity contribution in [3.8, 4) is 0 Å². The molecule has 5 nitrogen and oxygen atoms in total. The summed E-state index contributed by atoms with van der Waals surface area (Å²) in [5.74, 6) is -0.0400. The number of anilines is 1. The van der Waals surface area contributed by atoms with E-state index in [1.54, 1.807) is 5.51 Å². The van der Waals surface area contributed by atoms with Crippen molar-refractivity contribution in [1.82, 2.24) is 15.2 Å². The first-order valence-electron chi connectivity index (χ1n) is 6.45. The van der Waals surface area contributed by atoms with Crippen molar-refractivity contribution in [3.05, 3.63) is 35.5 Å². The Labute approximate surface area is 130 Å². The average molecular weight is 318 g/mol. The van der Waals surface area contributed by atoms with Gasteiger partial charge in [0.15, 0.2) is 4.34 Å². The van der Waals surface area contributed by atoms with Gasteiger partial charge in [0, 0.05) is 22.3 Å². The molecule has 1 amide bonds. The number of carbonyl (C=O) groups excluding carboxylic acids is 1. The molecule has 21 heavy (non-hydrogen) atoms. The molecule has 0 aliphatic heterocycles. The summed E-state index contributed by atoms with van der Waals surface area (Å²) in [6.07, 6.45) is 0. The number of H-pyrrole nitrogens is 1. The number of thioether (sulfide) groups is 1. The fourth-order valence-corrected chi connectivity index (χ4v) is 3.64. The van der Waals surface area contributed by atoms with Crippen molar-refractivity contribution in [2.24, 2.45) is 0 Å². The Morgan fingerprint density at radius 3 is 3.05 bits per heavy atom. The van der Waals surface area contributed by atoms with Gasteiger partial charge < -0.3 is 10.3 Å². The molecule has 1 unspecified atom stereocenters.